The summed E-state index contributed by atoms with van der Waals surface area (Å²) in [6, 6.07) is 18.3. The molecule has 1 saturated heterocycles. The van der Waals surface area contributed by atoms with Crippen LogP contribution in [0.4, 0.5) is 0 Å². The number of fused-ring (bicyclic) bond motifs is 2. The van der Waals surface area contributed by atoms with Crippen LogP contribution in [0.5, 0.6) is 0 Å². The summed E-state index contributed by atoms with van der Waals surface area (Å²) in [7, 11) is 0. The van der Waals surface area contributed by atoms with E-state index in [0.717, 1.165) is 18.4 Å². The number of carbonyl (C=O) groups excluding carboxylic acids is 2. The van der Waals surface area contributed by atoms with Gasteiger partial charge < -0.3 is 14.5 Å². The number of carbonyl (C=O) groups is 2. The minimum absolute atomic E-state index is 0.00637. The predicted molar refractivity (Wildman–Crippen MR) is 107 cm³/mol. The van der Waals surface area contributed by atoms with Crippen LogP contribution in [0.25, 0.3) is 0 Å². The predicted octanol–water partition coefficient (Wildman–Crippen LogP) is 2.74. The second-order valence-corrected chi connectivity index (χ2v) is 7.68. The number of ether oxygens (including phenoxy) is 1. The van der Waals surface area contributed by atoms with Gasteiger partial charge in [-0.1, -0.05) is 54.6 Å². The van der Waals surface area contributed by atoms with Gasteiger partial charge in [0.25, 0.3) is 0 Å². The second kappa shape index (κ2) is 7.76. The largest absolute Gasteiger partial charge is 0.364 e. The molecule has 28 heavy (non-hydrogen) atoms. The van der Waals surface area contributed by atoms with Crippen molar-refractivity contribution in [1.82, 2.24) is 9.80 Å². The van der Waals surface area contributed by atoms with Gasteiger partial charge >= 0.3 is 0 Å². The Morgan fingerprint density at radius 3 is 2.64 bits per heavy atom. The summed E-state index contributed by atoms with van der Waals surface area (Å²) < 4.78 is 6.14. The van der Waals surface area contributed by atoms with Crippen molar-refractivity contribution in [3.05, 3.63) is 71.3 Å². The van der Waals surface area contributed by atoms with Crippen LogP contribution in [0.3, 0.4) is 0 Å². The minimum atomic E-state index is -0.378. The molecule has 0 N–H and O–H groups in total. The van der Waals surface area contributed by atoms with Gasteiger partial charge in [-0.3, -0.25) is 9.59 Å². The highest BCUT2D eigenvalue weighted by atomic mass is 16.5. The molecular formula is C23H26N2O3. The Kier molecular flexibility index (Phi) is 5.18. The van der Waals surface area contributed by atoms with Gasteiger partial charge in [0, 0.05) is 20.0 Å². The lowest BCUT2D eigenvalue weighted by Gasteiger charge is -2.27. The fourth-order valence-corrected chi connectivity index (χ4v) is 4.24. The normalized spacial score (nSPS) is 20.4. The molecule has 0 radical (unpaired) electrons. The summed E-state index contributed by atoms with van der Waals surface area (Å²) in [4.78, 5) is 28.4. The van der Waals surface area contributed by atoms with Crippen molar-refractivity contribution in [3.63, 3.8) is 0 Å². The molecule has 0 bridgehead atoms. The zero-order valence-corrected chi connectivity index (χ0v) is 16.3. The molecule has 0 aliphatic carbocycles. The van der Waals surface area contributed by atoms with Crippen LogP contribution in [0.15, 0.2) is 54.6 Å². The van der Waals surface area contributed by atoms with Gasteiger partial charge in [0.1, 0.15) is 5.60 Å². The quantitative estimate of drug-likeness (QED) is 0.804. The van der Waals surface area contributed by atoms with Crippen LogP contribution < -0.4 is 0 Å². The van der Waals surface area contributed by atoms with Gasteiger partial charge in [-0.15, -0.1) is 0 Å². The number of amides is 2. The van der Waals surface area contributed by atoms with Crippen molar-refractivity contribution in [3.8, 4) is 0 Å². The molecule has 0 aromatic heterocycles. The highest BCUT2D eigenvalue weighted by Gasteiger charge is 2.46. The lowest BCUT2D eigenvalue weighted by Crippen LogP contribution is -2.43. The number of likely N-dealkylation sites (tertiary alicyclic amines) is 1. The van der Waals surface area contributed by atoms with Gasteiger partial charge in [-0.2, -0.15) is 0 Å². The molecule has 0 saturated carbocycles. The van der Waals surface area contributed by atoms with E-state index in [-0.39, 0.29) is 24.0 Å². The van der Waals surface area contributed by atoms with Crippen molar-refractivity contribution in [2.75, 3.05) is 26.2 Å². The van der Waals surface area contributed by atoms with Crippen LogP contribution in [0.1, 0.15) is 30.0 Å². The lowest BCUT2D eigenvalue weighted by molar-refractivity contribution is -0.139. The minimum Gasteiger partial charge on any atom is -0.364 e. The standard InChI is InChI=1S/C23H26N2O3/c1-18(26)24(13-11-19-7-3-2-4-8-19)15-22(27)25-14-12-23(17-25)21-10-6-5-9-20(21)16-28-23/h2-10H,11-17H2,1H3/t23-/m1/s1. The van der Waals surface area contributed by atoms with Gasteiger partial charge in [-0.05, 0) is 29.5 Å². The Bertz CT molecular complexity index is 867. The first-order chi connectivity index (χ1) is 13.6. The fraction of sp³-hybridized carbons (Fsp3) is 0.391. The molecule has 0 unspecified atom stereocenters. The third-order valence-corrected chi connectivity index (χ3v) is 5.88. The zero-order valence-electron chi connectivity index (χ0n) is 16.3. The van der Waals surface area contributed by atoms with Gasteiger partial charge in [-0.25, -0.2) is 0 Å². The average molecular weight is 378 g/mol. The van der Waals surface area contributed by atoms with Crippen LogP contribution in [-0.4, -0.2) is 47.8 Å². The van der Waals surface area contributed by atoms with E-state index in [0.29, 0.717) is 26.2 Å². The van der Waals surface area contributed by atoms with Crippen molar-refractivity contribution in [1.29, 1.82) is 0 Å². The summed E-state index contributed by atoms with van der Waals surface area (Å²) in [6.07, 6.45) is 1.55. The van der Waals surface area contributed by atoms with E-state index in [1.165, 1.54) is 18.1 Å². The van der Waals surface area contributed by atoms with Crippen LogP contribution in [0.2, 0.25) is 0 Å². The highest BCUT2D eigenvalue weighted by Crippen LogP contribution is 2.43. The summed E-state index contributed by atoms with van der Waals surface area (Å²) in [5.74, 6) is -0.0752. The summed E-state index contributed by atoms with van der Waals surface area (Å²) >= 11 is 0. The molecule has 146 valence electrons. The Balaban J connectivity index is 1.38. The van der Waals surface area contributed by atoms with Crippen LogP contribution >= 0.6 is 0 Å². The molecule has 2 amide bonds. The van der Waals surface area contributed by atoms with Gasteiger partial charge in [0.05, 0.1) is 19.7 Å². The monoisotopic (exact) mass is 378 g/mol. The molecule has 2 heterocycles. The zero-order chi connectivity index (χ0) is 19.6. The average Bonchev–Trinajstić information content (AvgIpc) is 3.31. The van der Waals surface area contributed by atoms with E-state index >= 15 is 0 Å². The maximum atomic E-state index is 12.9. The van der Waals surface area contributed by atoms with Crippen molar-refractivity contribution in [2.45, 2.75) is 32.0 Å². The van der Waals surface area contributed by atoms with E-state index in [9.17, 15) is 9.59 Å². The van der Waals surface area contributed by atoms with Gasteiger partial charge in [0.2, 0.25) is 11.8 Å². The van der Waals surface area contributed by atoms with Crippen LogP contribution in [-0.2, 0) is 33.0 Å². The number of rotatable bonds is 5. The smallest absolute Gasteiger partial charge is 0.242 e. The Morgan fingerprint density at radius 1 is 1.11 bits per heavy atom. The lowest BCUT2D eigenvalue weighted by atomic mass is 9.92. The Morgan fingerprint density at radius 2 is 1.86 bits per heavy atom. The van der Waals surface area contributed by atoms with Gasteiger partial charge in [0.15, 0.2) is 0 Å². The first kappa shape index (κ1) is 18.7. The maximum absolute atomic E-state index is 12.9. The first-order valence-electron chi connectivity index (χ1n) is 9.87. The Labute approximate surface area is 165 Å². The van der Waals surface area contributed by atoms with E-state index in [1.54, 1.807) is 4.90 Å². The summed E-state index contributed by atoms with van der Waals surface area (Å²) in [6.45, 7) is 4.03. The molecule has 1 atom stereocenters. The molecule has 1 fully saturated rings. The molecule has 4 rings (SSSR count). The fourth-order valence-electron chi connectivity index (χ4n) is 4.24. The van der Waals surface area contributed by atoms with Crippen molar-refractivity contribution < 1.29 is 14.3 Å². The van der Waals surface area contributed by atoms with E-state index in [2.05, 4.69) is 12.1 Å². The molecule has 5 heteroatoms. The molecule has 2 aliphatic heterocycles. The van der Waals surface area contributed by atoms with Crippen molar-refractivity contribution >= 4 is 11.8 Å². The number of hydrogen-bond donors (Lipinski definition) is 0. The third-order valence-electron chi connectivity index (χ3n) is 5.88. The molecule has 2 aromatic carbocycles. The molecule has 1 spiro atoms. The number of hydrogen-bond acceptors (Lipinski definition) is 3. The number of benzene rings is 2. The molecular weight excluding hydrogens is 352 g/mol. The molecule has 2 aromatic rings. The topological polar surface area (TPSA) is 49.9 Å². The van der Waals surface area contributed by atoms with E-state index < -0.39 is 0 Å². The van der Waals surface area contributed by atoms with Crippen LogP contribution in [0, 0.1) is 0 Å². The maximum Gasteiger partial charge on any atom is 0.242 e. The first-order valence-corrected chi connectivity index (χ1v) is 9.87. The highest BCUT2D eigenvalue weighted by molar-refractivity contribution is 5.84. The molecule has 5 nitrogen and oxygen atoms in total. The number of nitrogens with zero attached hydrogens (tertiary/aromatic N) is 2. The summed E-state index contributed by atoms with van der Waals surface area (Å²) in [5, 5.41) is 0. The van der Waals surface area contributed by atoms with Crippen molar-refractivity contribution in [2.24, 2.45) is 0 Å². The van der Waals surface area contributed by atoms with E-state index in [4.69, 9.17) is 4.74 Å². The third kappa shape index (κ3) is 3.67. The second-order valence-electron chi connectivity index (χ2n) is 7.68. The Hall–Kier alpha value is -2.66. The van der Waals surface area contributed by atoms with E-state index in [1.807, 2.05) is 47.4 Å². The molecule has 2 aliphatic rings. The summed E-state index contributed by atoms with van der Waals surface area (Å²) in [5.41, 5.74) is 3.21. The SMILES string of the molecule is CC(=O)N(CCc1ccccc1)CC(=O)N1CC[C@]2(C1)OCc1ccccc12.